The average Bonchev–Trinajstić information content (AvgIpc) is 2.41. The zero-order valence-corrected chi connectivity index (χ0v) is 15.6. The highest BCUT2D eigenvalue weighted by Crippen LogP contribution is 2.21. The van der Waals surface area contributed by atoms with E-state index in [0.29, 0.717) is 6.42 Å². The van der Waals surface area contributed by atoms with E-state index in [-0.39, 0.29) is 18.0 Å². The van der Waals surface area contributed by atoms with Gasteiger partial charge >= 0.3 is 5.97 Å². The zero-order chi connectivity index (χ0) is 17.3. The maximum atomic E-state index is 12.6. The minimum atomic E-state index is -0.548. The fraction of sp³-hybridized carbons (Fsp3) is 0.889. The number of amides is 1. The van der Waals surface area contributed by atoms with Crippen molar-refractivity contribution in [1.29, 1.82) is 0 Å². The molecule has 0 fully saturated rings. The number of rotatable bonds is 9. The first kappa shape index (κ1) is 20.9. The van der Waals surface area contributed by atoms with Gasteiger partial charge in [0.15, 0.2) is 0 Å². The SMILES string of the molecule is CCCCCCC(=O)N(C(C)C(=O)OC(C)CC)C(C)(C)C. The molecule has 0 radical (unpaired) electrons. The molecule has 0 aromatic heterocycles. The lowest BCUT2D eigenvalue weighted by Crippen LogP contribution is -2.54. The van der Waals surface area contributed by atoms with Crippen molar-refractivity contribution >= 4 is 11.9 Å². The summed E-state index contributed by atoms with van der Waals surface area (Å²) in [6.45, 7) is 13.6. The second kappa shape index (κ2) is 9.86. The molecule has 0 aromatic carbocycles. The molecule has 0 aliphatic carbocycles. The number of hydrogen-bond donors (Lipinski definition) is 0. The standard InChI is InChI=1S/C18H35NO3/c1-8-10-11-12-13-16(20)19(18(5,6)7)15(4)17(21)22-14(3)9-2/h14-15H,8-13H2,1-7H3. The van der Waals surface area contributed by atoms with Crippen molar-refractivity contribution < 1.29 is 14.3 Å². The molecule has 1 amide bonds. The summed E-state index contributed by atoms with van der Waals surface area (Å²) in [4.78, 5) is 26.5. The number of carbonyl (C=O) groups excluding carboxylic acids is 2. The third kappa shape index (κ3) is 7.28. The summed E-state index contributed by atoms with van der Waals surface area (Å²) in [5.74, 6) is -0.275. The summed E-state index contributed by atoms with van der Waals surface area (Å²) < 4.78 is 5.40. The Labute approximate surface area is 136 Å². The van der Waals surface area contributed by atoms with Gasteiger partial charge in [0.25, 0.3) is 0 Å². The molecule has 22 heavy (non-hydrogen) atoms. The fourth-order valence-corrected chi connectivity index (χ4v) is 2.48. The highest BCUT2D eigenvalue weighted by molar-refractivity contribution is 5.85. The normalized spacial score (nSPS) is 14.3. The van der Waals surface area contributed by atoms with Crippen LogP contribution in [0.25, 0.3) is 0 Å². The molecule has 0 spiro atoms. The monoisotopic (exact) mass is 313 g/mol. The van der Waals surface area contributed by atoms with Gasteiger partial charge in [-0.05, 0) is 47.5 Å². The van der Waals surface area contributed by atoms with Crippen LogP contribution in [-0.4, -0.2) is 34.5 Å². The van der Waals surface area contributed by atoms with Crippen LogP contribution < -0.4 is 0 Å². The molecular formula is C18H35NO3. The molecule has 130 valence electrons. The summed E-state index contributed by atoms with van der Waals surface area (Å²) in [6, 6.07) is -0.548. The molecule has 0 rings (SSSR count). The van der Waals surface area contributed by atoms with Gasteiger partial charge in [-0.3, -0.25) is 4.79 Å². The first-order valence-electron chi connectivity index (χ1n) is 8.67. The second-order valence-electron chi connectivity index (χ2n) is 7.08. The van der Waals surface area contributed by atoms with Crippen molar-refractivity contribution in [3.8, 4) is 0 Å². The maximum Gasteiger partial charge on any atom is 0.328 e. The third-order valence-corrected chi connectivity index (χ3v) is 3.86. The molecule has 0 heterocycles. The van der Waals surface area contributed by atoms with E-state index in [4.69, 9.17) is 4.74 Å². The Morgan fingerprint density at radius 2 is 1.64 bits per heavy atom. The third-order valence-electron chi connectivity index (χ3n) is 3.86. The Kier molecular flexibility index (Phi) is 9.38. The van der Waals surface area contributed by atoms with Crippen molar-refractivity contribution in [3.63, 3.8) is 0 Å². The van der Waals surface area contributed by atoms with E-state index in [1.54, 1.807) is 11.8 Å². The van der Waals surface area contributed by atoms with Crippen LogP contribution in [0.15, 0.2) is 0 Å². The summed E-state index contributed by atoms with van der Waals surface area (Å²) >= 11 is 0. The van der Waals surface area contributed by atoms with Gasteiger partial charge < -0.3 is 9.64 Å². The van der Waals surface area contributed by atoms with E-state index >= 15 is 0 Å². The van der Waals surface area contributed by atoms with Gasteiger partial charge in [-0.1, -0.05) is 33.1 Å². The number of esters is 1. The van der Waals surface area contributed by atoms with Crippen LogP contribution in [0.5, 0.6) is 0 Å². The lowest BCUT2D eigenvalue weighted by Gasteiger charge is -2.39. The highest BCUT2D eigenvalue weighted by atomic mass is 16.5. The van der Waals surface area contributed by atoms with Gasteiger partial charge in [0.2, 0.25) is 5.91 Å². The van der Waals surface area contributed by atoms with Crippen molar-refractivity contribution in [2.45, 2.75) is 105 Å². The van der Waals surface area contributed by atoms with E-state index in [1.807, 2.05) is 34.6 Å². The van der Waals surface area contributed by atoms with Crippen LogP contribution in [0.1, 0.15) is 87.0 Å². The van der Waals surface area contributed by atoms with Gasteiger partial charge in [-0.15, -0.1) is 0 Å². The van der Waals surface area contributed by atoms with E-state index in [9.17, 15) is 9.59 Å². The van der Waals surface area contributed by atoms with E-state index in [2.05, 4.69) is 6.92 Å². The van der Waals surface area contributed by atoms with Crippen molar-refractivity contribution in [2.75, 3.05) is 0 Å². The van der Waals surface area contributed by atoms with Crippen LogP contribution >= 0.6 is 0 Å². The molecule has 0 bridgehead atoms. The summed E-state index contributed by atoms with van der Waals surface area (Å²) in [5.41, 5.74) is -0.393. The van der Waals surface area contributed by atoms with E-state index in [1.165, 1.54) is 0 Å². The Hall–Kier alpha value is -1.06. The number of nitrogens with zero attached hydrogens (tertiary/aromatic N) is 1. The van der Waals surface area contributed by atoms with Crippen molar-refractivity contribution in [2.24, 2.45) is 0 Å². The molecule has 2 unspecified atom stereocenters. The molecule has 4 heteroatoms. The number of ether oxygens (including phenoxy) is 1. The number of carbonyl (C=O) groups is 2. The van der Waals surface area contributed by atoms with Crippen LogP contribution in [-0.2, 0) is 14.3 Å². The summed E-state index contributed by atoms with van der Waals surface area (Å²) in [7, 11) is 0. The Balaban J connectivity index is 4.82. The quantitative estimate of drug-likeness (QED) is 0.470. The van der Waals surface area contributed by atoms with Gasteiger partial charge in [-0.2, -0.15) is 0 Å². The Morgan fingerprint density at radius 3 is 2.09 bits per heavy atom. The smallest absolute Gasteiger partial charge is 0.328 e. The van der Waals surface area contributed by atoms with Crippen LogP contribution in [0.3, 0.4) is 0 Å². The molecule has 4 nitrogen and oxygen atoms in total. The molecule has 0 saturated carbocycles. The van der Waals surface area contributed by atoms with Gasteiger partial charge in [-0.25, -0.2) is 4.79 Å². The molecule has 0 aliphatic heterocycles. The predicted molar refractivity (Wildman–Crippen MR) is 90.7 cm³/mol. The van der Waals surface area contributed by atoms with Crippen molar-refractivity contribution in [1.82, 2.24) is 4.90 Å². The average molecular weight is 313 g/mol. The second-order valence-corrected chi connectivity index (χ2v) is 7.08. The van der Waals surface area contributed by atoms with Gasteiger partial charge in [0.1, 0.15) is 6.04 Å². The zero-order valence-electron chi connectivity index (χ0n) is 15.6. The summed E-state index contributed by atoms with van der Waals surface area (Å²) in [6.07, 6.45) is 5.40. The highest BCUT2D eigenvalue weighted by Gasteiger charge is 2.35. The minimum Gasteiger partial charge on any atom is -0.461 e. The maximum absolute atomic E-state index is 12.6. The van der Waals surface area contributed by atoms with Crippen molar-refractivity contribution in [3.05, 3.63) is 0 Å². The molecular weight excluding hydrogens is 278 g/mol. The van der Waals surface area contributed by atoms with Gasteiger partial charge in [0.05, 0.1) is 6.10 Å². The van der Waals surface area contributed by atoms with Crippen LogP contribution in [0.2, 0.25) is 0 Å². The lowest BCUT2D eigenvalue weighted by atomic mass is 10.0. The van der Waals surface area contributed by atoms with Crippen LogP contribution in [0.4, 0.5) is 0 Å². The summed E-state index contributed by atoms with van der Waals surface area (Å²) in [5, 5.41) is 0. The topological polar surface area (TPSA) is 46.6 Å². The molecule has 0 saturated heterocycles. The Morgan fingerprint density at radius 1 is 1.05 bits per heavy atom. The Bertz CT molecular complexity index is 347. The number of unbranched alkanes of at least 4 members (excludes halogenated alkanes) is 3. The predicted octanol–water partition coefficient (Wildman–Crippen LogP) is 4.31. The molecule has 0 N–H and O–H groups in total. The van der Waals surface area contributed by atoms with E-state index < -0.39 is 11.6 Å². The van der Waals surface area contributed by atoms with Gasteiger partial charge in [0, 0.05) is 12.0 Å². The minimum absolute atomic E-state index is 0.0391. The number of hydrogen-bond acceptors (Lipinski definition) is 3. The largest absolute Gasteiger partial charge is 0.461 e. The molecule has 2 atom stereocenters. The molecule has 0 aromatic rings. The lowest BCUT2D eigenvalue weighted by molar-refractivity contribution is -0.162. The first-order valence-corrected chi connectivity index (χ1v) is 8.67. The molecule has 0 aliphatic rings. The fourth-order valence-electron chi connectivity index (χ4n) is 2.48. The van der Waals surface area contributed by atoms with E-state index in [0.717, 1.165) is 32.1 Å². The van der Waals surface area contributed by atoms with Crippen LogP contribution in [0, 0.1) is 0 Å². The first-order chi connectivity index (χ1) is 10.1.